The van der Waals surface area contributed by atoms with Crippen LogP contribution < -0.4 is 5.73 Å². The van der Waals surface area contributed by atoms with E-state index < -0.39 is 12.7 Å². The van der Waals surface area contributed by atoms with Crippen LogP contribution in [-0.2, 0) is 6.54 Å². The number of rotatable bonds is 5. The molecule has 1 rings (SSSR count). The van der Waals surface area contributed by atoms with Crippen LogP contribution in [0.3, 0.4) is 0 Å². The minimum atomic E-state index is -4.23. The van der Waals surface area contributed by atoms with E-state index in [4.69, 9.17) is 28.9 Å². The number of hydrogen-bond donors (Lipinski definition) is 1. The third kappa shape index (κ3) is 5.47. The molecule has 0 aliphatic carbocycles. The van der Waals surface area contributed by atoms with Crippen molar-refractivity contribution in [3.8, 4) is 0 Å². The summed E-state index contributed by atoms with van der Waals surface area (Å²) in [6, 6.07) is 3.09. The summed E-state index contributed by atoms with van der Waals surface area (Å²) < 4.78 is 37.3. The molecule has 0 bridgehead atoms. The topological polar surface area (TPSA) is 29.3 Å². The van der Waals surface area contributed by atoms with Gasteiger partial charge in [-0.1, -0.05) is 30.1 Å². The van der Waals surface area contributed by atoms with Crippen molar-refractivity contribution in [3.05, 3.63) is 27.7 Å². The Kier molecular flexibility index (Phi) is 5.77. The second kappa shape index (κ2) is 6.68. The monoisotopic (exact) mass is 314 g/mol. The molecule has 0 aliphatic rings. The molecule has 108 valence electrons. The molecule has 1 aromatic carbocycles. The van der Waals surface area contributed by atoms with Gasteiger partial charge in [-0.3, -0.25) is 4.90 Å². The molecule has 19 heavy (non-hydrogen) atoms. The van der Waals surface area contributed by atoms with Gasteiger partial charge < -0.3 is 5.73 Å². The van der Waals surface area contributed by atoms with E-state index in [2.05, 4.69) is 0 Å². The lowest BCUT2D eigenvalue weighted by Crippen LogP contribution is -2.34. The average Bonchev–Trinajstić information content (AvgIpc) is 2.23. The van der Waals surface area contributed by atoms with Crippen molar-refractivity contribution < 1.29 is 13.2 Å². The Morgan fingerprint density at radius 2 is 1.74 bits per heavy atom. The van der Waals surface area contributed by atoms with Gasteiger partial charge in [-0.2, -0.15) is 13.2 Å². The van der Waals surface area contributed by atoms with E-state index in [0.29, 0.717) is 18.5 Å². The molecule has 7 heteroatoms. The van der Waals surface area contributed by atoms with Crippen molar-refractivity contribution in [1.29, 1.82) is 0 Å². The smallest absolute Gasteiger partial charge is 0.396 e. The van der Waals surface area contributed by atoms with E-state index in [-0.39, 0.29) is 22.3 Å². The Balaban J connectivity index is 2.84. The van der Waals surface area contributed by atoms with Crippen LogP contribution in [0, 0.1) is 0 Å². The predicted molar refractivity (Wildman–Crippen MR) is 72.5 cm³/mol. The van der Waals surface area contributed by atoms with E-state index in [9.17, 15) is 13.2 Å². The van der Waals surface area contributed by atoms with E-state index in [0.717, 1.165) is 0 Å². The highest BCUT2D eigenvalue weighted by molar-refractivity contribution is 6.38. The third-order valence-corrected chi connectivity index (χ3v) is 3.11. The Bertz CT molecular complexity index is 412. The van der Waals surface area contributed by atoms with Gasteiger partial charge in [0, 0.05) is 6.54 Å². The quantitative estimate of drug-likeness (QED) is 0.819. The first-order valence-electron chi connectivity index (χ1n) is 5.75. The van der Waals surface area contributed by atoms with Crippen LogP contribution in [0.2, 0.25) is 10.0 Å². The molecule has 0 unspecified atom stereocenters. The van der Waals surface area contributed by atoms with Crippen LogP contribution in [0.1, 0.15) is 18.9 Å². The highest BCUT2D eigenvalue weighted by Crippen LogP contribution is 2.29. The van der Waals surface area contributed by atoms with Crippen molar-refractivity contribution in [3.63, 3.8) is 0 Å². The number of nitrogen functional groups attached to an aromatic ring is 1. The molecular formula is C12H15Cl2F3N2. The summed E-state index contributed by atoms with van der Waals surface area (Å²) in [5.74, 6) is 0. The molecule has 0 fully saturated rings. The molecule has 1 aromatic rings. The second-order valence-corrected chi connectivity index (χ2v) is 5.11. The number of alkyl halides is 3. The molecule has 2 N–H and O–H groups in total. The Hall–Kier alpha value is -0.650. The zero-order valence-electron chi connectivity index (χ0n) is 10.4. The summed E-state index contributed by atoms with van der Waals surface area (Å²) in [7, 11) is 0. The second-order valence-electron chi connectivity index (χ2n) is 4.30. The maximum Gasteiger partial charge on any atom is 0.401 e. The van der Waals surface area contributed by atoms with Gasteiger partial charge in [0.05, 0.1) is 22.3 Å². The molecule has 0 heterocycles. The highest BCUT2D eigenvalue weighted by Gasteiger charge is 2.30. The van der Waals surface area contributed by atoms with Crippen molar-refractivity contribution in [2.75, 3.05) is 18.8 Å². The first kappa shape index (κ1) is 16.4. The van der Waals surface area contributed by atoms with Gasteiger partial charge in [-0.15, -0.1) is 0 Å². The van der Waals surface area contributed by atoms with Gasteiger partial charge >= 0.3 is 6.18 Å². The molecule has 0 saturated carbocycles. The zero-order valence-corrected chi connectivity index (χ0v) is 11.9. The molecular weight excluding hydrogens is 300 g/mol. The molecule has 0 spiro atoms. The fourth-order valence-electron chi connectivity index (χ4n) is 1.77. The number of benzene rings is 1. The fraction of sp³-hybridized carbons (Fsp3) is 0.500. The van der Waals surface area contributed by atoms with Gasteiger partial charge in [0.2, 0.25) is 0 Å². The Morgan fingerprint density at radius 3 is 2.16 bits per heavy atom. The summed E-state index contributed by atoms with van der Waals surface area (Å²) in [5.41, 5.74) is 6.44. The van der Waals surface area contributed by atoms with E-state index >= 15 is 0 Å². The molecule has 0 atom stereocenters. The predicted octanol–water partition coefficient (Wildman–Crippen LogP) is 4.35. The van der Waals surface area contributed by atoms with Crippen LogP contribution in [0.5, 0.6) is 0 Å². The summed E-state index contributed by atoms with van der Waals surface area (Å²) in [5, 5.41) is 0.511. The largest absolute Gasteiger partial charge is 0.401 e. The maximum atomic E-state index is 12.4. The third-order valence-electron chi connectivity index (χ3n) is 2.49. The Labute approximate surface area is 120 Å². The number of nitrogens with zero attached hydrogens (tertiary/aromatic N) is 1. The lowest BCUT2D eigenvalue weighted by atomic mass is 10.2. The van der Waals surface area contributed by atoms with Gasteiger partial charge in [-0.25, -0.2) is 0 Å². The first-order chi connectivity index (χ1) is 8.73. The van der Waals surface area contributed by atoms with Gasteiger partial charge in [-0.05, 0) is 30.7 Å². The summed E-state index contributed by atoms with van der Waals surface area (Å²) >= 11 is 11.7. The molecule has 0 aromatic heterocycles. The van der Waals surface area contributed by atoms with Crippen molar-refractivity contribution in [2.24, 2.45) is 0 Å². The lowest BCUT2D eigenvalue weighted by molar-refractivity contribution is -0.147. The van der Waals surface area contributed by atoms with Gasteiger partial charge in [0.15, 0.2) is 0 Å². The van der Waals surface area contributed by atoms with Crippen molar-refractivity contribution in [1.82, 2.24) is 4.90 Å². The van der Waals surface area contributed by atoms with Crippen LogP contribution in [0.4, 0.5) is 18.9 Å². The zero-order chi connectivity index (χ0) is 14.6. The van der Waals surface area contributed by atoms with Gasteiger partial charge in [0.1, 0.15) is 0 Å². The number of nitrogens with two attached hydrogens (primary N) is 1. The maximum absolute atomic E-state index is 12.4. The summed E-state index contributed by atoms with van der Waals surface area (Å²) in [6.07, 6.45) is -3.59. The summed E-state index contributed by atoms with van der Waals surface area (Å²) in [4.78, 5) is 1.30. The molecule has 0 saturated heterocycles. The summed E-state index contributed by atoms with van der Waals surface area (Å²) in [6.45, 7) is 1.35. The lowest BCUT2D eigenvalue weighted by Gasteiger charge is -2.23. The first-order valence-corrected chi connectivity index (χ1v) is 6.51. The van der Waals surface area contributed by atoms with Crippen LogP contribution in [-0.4, -0.2) is 24.2 Å². The van der Waals surface area contributed by atoms with E-state index in [1.807, 2.05) is 6.92 Å². The number of hydrogen-bond acceptors (Lipinski definition) is 2. The average molecular weight is 315 g/mol. The SMILES string of the molecule is CCCN(Cc1cc(Cl)c(N)c(Cl)c1)CC(F)(F)F. The van der Waals surface area contributed by atoms with Crippen LogP contribution in [0.25, 0.3) is 0 Å². The molecule has 0 aliphatic heterocycles. The standard InChI is InChI=1S/C12H15Cl2F3N2/c1-2-3-19(7-12(15,16)17)6-8-4-9(13)11(18)10(14)5-8/h4-5H,2-3,6-7,18H2,1H3. The van der Waals surface area contributed by atoms with Crippen molar-refractivity contribution in [2.45, 2.75) is 26.1 Å². The van der Waals surface area contributed by atoms with Crippen LogP contribution in [0.15, 0.2) is 12.1 Å². The molecule has 2 nitrogen and oxygen atoms in total. The number of halogens is 5. The van der Waals surface area contributed by atoms with E-state index in [1.54, 1.807) is 12.1 Å². The van der Waals surface area contributed by atoms with Gasteiger partial charge in [0.25, 0.3) is 0 Å². The highest BCUT2D eigenvalue weighted by atomic mass is 35.5. The Morgan fingerprint density at radius 1 is 1.21 bits per heavy atom. The van der Waals surface area contributed by atoms with Crippen LogP contribution >= 0.6 is 23.2 Å². The number of anilines is 1. The van der Waals surface area contributed by atoms with Crippen molar-refractivity contribution >= 4 is 28.9 Å². The normalized spacial score (nSPS) is 12.2. The van der Waals surface area contributed by atoms with E-state index in [1.165, 1.54) is 4.90 Å². The minimum absolute atomic E-state index is 0.132. The molecule has 0 radical (unpaired) electrons. The fourth-order valence-corrected chi connectivity index (χ4v) is 2.30. The molecule has 0 amide bonds. The minimum Gasteiger partial charge on any atom is -0.396 e.